The van der Waals surface area contributed by atoms with E-state index in [1.54, 1.807) is 24.3 Å². The van der Waals surface area contributed by atoms with Crippen molar-refractivity contribution in [3.05, 3.63) is 29.8 Å². The van der Waals surface area contributed by atoms with Crippen LogP contribution in [0.15, 0.2) is 29.2 Å². The van der Waals surface area contributed by atoms with E-state index in [0.717, 1.165) is 24.3 Å². The molecule has 94 valence electrons. The van der Waals surface area contributed by atoms with E-state index in [1.807, 2.05) is 0 Å². The number of nitrogens with one attached hydrogen (secondary N) is 1. The molecule has 0 aliphatic rings. The minimum Gasteiger partial charge on any atom is -0.380 e. The second-order valence-electron chi connectivity index (χ2n) is 3.77. The van der Waals surface area contributed by atoms with Crippen LogP contribution in [0, 0.1) is 0 Å². The van der Waals surface area contributed by atoms with Crippen LogP contribution < -0.4 is 5.32 Å². The molecular weight excluding hydrogens is 234 g/mol. The Balaban J connectivity index is 2.19. The summed E-state index contributed by atoms with van der Waals surface area (Å²) in [6.45, 7) is 4.00. The van der Waals surface area contributed by atoms with Gasteiger partial charge >= 0.3 is 0 Å². The third kappa shape index (κ3) is 5.75. The van der Waals surface area contributed by atoms with Gasteiger partial charge in [0.2, 0.25) is 0 Å². The lowest BCUT2D eigenvalue weighted by Gasteiger charge is -2.06. The Labute approximate surface area is 108 Å². The number of rotatable bonds is 7. The number of ether oxygens (including phenoxy) is 1. The summed E-state index contributed by atoms with van der Waals surface area (Å²) in [6.07, 6.45) is 2.19. The van der Waals surface area contributed by atoms with Gasteiger partial charge in [0.05, 0.1) is 6.61 Å². The lowest BCUT2D eigenvalue weighted by atomic mass is 10.2. The number of hydrogen-bond acceptors (Lipinski definition) is 3. The lowest BCUT2D eigenvalue weighted by molar-refractivity contribution is 0.0912. The second kappa shape index (κ2) is 8.14. The van der Waals surface area contributed by atoms with Gasteiger partial charge < -0.3 is 10.1 Å². The zero-order valence-electron chi connectivity index (χ0n) is 10.1. The maximum absolute atomic E-state index is 11.7. The first-order valence-corrected chi connectivity index (χ1v) is 6.33. The summed E-state index contributed by atoms with van der Waals surface area (Å²) in [5.41, 5.74) is 0.649. The van der Waals surface area contributed by atoms with Crippen molar-refractivity contribution in [2.75, 3.05) is 19.8 Å². The van der Waals surface area contributed by atoms with Crippen molar-refractivity contribution in [3.8, 4) is 0 Å². The van der Waals surface area contributed by atoms with Gasteiger partial charge in [-0.2, -0.15) is 0 Å². The number of unbranched alkanes of at least 4 members (excludes halogenated alkanes) is 1. The average molecular weight is 253 g/mol. The van der Waals surface area contributed by atoms with E-state index in [1.165, 1.54) is 0 Å². The Morgan fingerprint density at radius 2 is 2.00 bits per heavy atom. The molecule has 4 heteroatoms. The maximum atomic E-state index is 11.7. The van der Waals surface area contributed by atoms with Crippen LogP contribution in [0.3, 0.4) is 0 Å². The molecule has 0 aliphatic carbocycles. The number of hydrogen-bond donors (Lipinski definition) is 2. The van der Waals surface area contributed by atoms with Crippen LogP contribution in [0.1, 0.15) is 30.1 Å². The molecule has 1 aromatic carbocycles. The number of carbonyl (C=O) groups excluding carboxylic acids is 1. The largest absolute Gasteiger partial charge is 0.380 e. The van der Waals surface area contributed by atoms with Crippen LogP contribution in [0.2, 0.25) is 0 Å². The van der Waals surface area contributed by atoms with Crippen molar-refractivity contribution >= 4 is 18.5 Å². The average Bonchev–Trinajstić information content (AvgIpc) is 2.34. The molecule has 0 spiro atoms. The normalized spacial score (nSPS) is 10.2. The quantitative estimate of drug-likeness (QED) is 0.579. The molecule has 0 bridgehead atoms. The van der Waals surface area contributed by atoms with Gasteiger partial charge in [-0.25, -0.2) is 0 Å². The molecule has 0 aromatic heterocycles. The van der Waals surface area contributed by atoms with Gasteiger partial charge in [-0.05, 0) is 30.7 Å². The summed E-state index contributed by atoms with van der Waals surface area (Å²) in [5.74, 6) is -0.0718. The molecular formula is C13H19NO2S. The Morgan fingerprint density at radius 1 is 1.29 bits per heavy atom. The van der Waals surface area contributed by atoms with E-state index in [9.17, 15) is 4.79 Å². The molecule has 0 aliphatic heterocycles. The molecule has 0 saturated heterocycles. The Kier molecular flexibility index (Phi) is 6.74. The molecule has 1 aromatic rings. The van der Waals surface area contributed by atoms with Gasteiger partial charge in [-0.1, -0.05) is 13.3 Å². The SMILES string of the molecule is CCCCOCCNC(=O)c1ccc(S)cc1. The zero-order chi connectivity index (χ0) is 12.5. The molecule has 1 amide bonds. The summed E-state index contributed by atoms with van der Waals surface area (Å²) in [4.78, 5) is 12.5. The molecule has 17 heavy (non-hydrogen) atoms. The van der Waals surface area contributed by atoms with Crippen LogP contribution in [0.5, 0.6) is 0 Å². The molecule has 0 radical (unpaired) electrons. The Hall–Kier alpha value is -1.00. The number of amides is 1. The molecule has 0 atom stereocenters. The minimum atomic E-state index is -0.0718. The summed E-state index contributed by atoms with van der Waals surface area (Å²) in [6, 6.07) is 7.12. The van der Waals surface area contributed by atoms with Gasteiger partial charge in [0.1, 0.15) is 0 Å². The topological polar surface area (TPSA) is 38.3 Å². The number of benzene rings is 1. The molecule has 3 nitrogen and oxygen atoms in total. The van der Waals surface area contributed by atoms with Gasteiger partial charge in [-0.15, -0.1) is 12.6 Å². The maximum Gasteiger partial charge on any atom is 0.251 e. The highest BCUT2D eigenvalue weighted by atomic mass is 32.1. The smallest absolute Gasteiger partial charge is 0.251 e. The van der Waals surface area contributed by atoms with E-state index in [-0.39, 0.29) is 5.91 Å². The van der Waals surface area contributed by atoms with Crippen LogP contribution in [-0.2, 0) is 4.74 Å². The fourth-order valence-corrected chi connectivity index (χ4v) is 1.45. The highest BCUT2D eigenvalue weighted by molar-refractivity contribution is 7.80. The second-order valence-corrected chi connectivity index (χ2v) is 4.29. The highest BCUT2D eigenvalue weighted by Crippen LogP contribution is 2.07. The van der Waals surface area contributed by atoms with Crippen LogP contribution >= 0.6 is 12.6 Å². The standard InChI is InChI=1S/C13H19NO2S/c1-2-3-9-16-10-8-14-13(15)11-4-6-12(17)7-5-11/h4-7,17H,2-3,8-10H2,1H3,(H,14,15). The number of thiol groups is 1. The fraction of sp³-hybridized carbons (Fsp3) is 0.462. The molecule has 1 N–H and O–H groups in total. The van der Waals surface area contributed by atoms with Crippen molar-refractivity contribution in [3.63, 3.8) is 0 Å². The summed E-state index contributed by atoms with van der Waals surface area (Å²) >= 11 is 4.17. The van der Waals surface area contributed by atoms with Crippen LogP contribution in [0.4, 0.5) is 0 Å². The van der Waals surface area contributed by atoms with Crippen molar-refractivity contribution in [2.24, 2.45) is 0 Å². The molecule has 1 rings (SSSR count). The first-order valence-electron chi connectivity index (χ1n) is 5.89. The van der Waals surface area contributed by atoms with Crippen LogP contribution in [-0.4, -0.2) is 25.7 Å². The summed E-state index contributed by atoms with van der Waals surface area (Å²) in [7, 11) is 0. The van der Waals surface area contributed by atoms with E-state index in [2.05, 4.69) is 24.9 Å². The van der Waals surface area contributed by atoms with Gasteiger partial charge in [-0.3, -0.25) is 4.79 Å². The monoisotopic (exact) mass is 253 g/mol. The molecule has 0 unspecified atom stereocenters. The Bertz CT molecular complexity index is 338. The first-order chi connectivity index (χ1) is 8.24. The van der Waals surface area contributed by atoms with Gasteiger partial charge in [0.25, 0.3) is 5.91 Å². The summed E-state index contributed by atoms with van der Waals surface area (Å²) < 4.78 is 5.35. The third-order valence-corrected chi connectivity index (χ3v) is 2.60. The van der Waals surface area contributed by atoms with Gasteiger partial charge in [0.15, 0.2) is 0 Å². The van der Waals surface area contributed by atoms with E-state index in [4.69, 9.17) is 4.74 Å². The highest BCUT2D eigenvalue weighted by Gasteiger charge is 2.03. The minimum absolute atomic E-state index is 0.0718. The zero-order valence-corrected chi connectivity index (χ0v) is 11.0. The van der Waals surface area contributed by atoms with Gasteiger partial charge in [0, 0.05) is 23.6 Å². The predicted molar refractivity (Wildman–Crippen MR) is 71.8 cm³/mol. The van der Waals surface area contributed by atoms with E-state index in [0.29, 0.717) is 18.7 Å². The fourth-order valence-electron chi connectivity index (χ4n) is 1.30. The molecule has 0 fully saturated rings. The Morgan fingerprint density at radius 3 is 2.65 bits per heavy atom. The molecule has 0 saturated carbocycles. The van der Waals surface area contributed by atoms with E-state index < -0.39 is 0 Å². The molecule has 0 heterocycles. The third-order valence-electron chi connectivity index (χ3n) is 2.30. The van der Waals surface area contributed by atoms with Crippen molar-refractivity contribution in [2.45, 2.75) is 24.7 Å². The van der Waals surface area contributed by atoms with E-state index >= 15 is 0 Å². The van der Waals surface area contributed by atoms with Crippen molar-refractivity contribution in [1.82, 2.24) is 5.32 Å². The van der Waals surface area contributed by atoms with Crippen molar-refractivity contribution < 1.29 is 9.53 Å². The van der Waals surface area contributed by atoms with Crippen molar-refractivity contribution in [1.29, 1.82) is 0 Å². The summed E-state index contributed by atoms with van der Waals surface area (Å²) in [5, 5.41) is 2.81. The van der Waals surface area contributed by atoms with Crippen LogP contribution in [0.25, 0.3) is 0 Å². The lowest BCUT2D eigenvalue weighted by Crippen LogP contribution is -2.27. The number of carbonyl (C=O) groups is 1. The predicted octanol–water partition coefficient (Wildman–Crippen LogP) is 2.52. The first kappa shape index (κ1) is 14.1.